The zero-order chi connectivity index (χ0) is 12.8. The van der Waals surface area contributed by atoms with Crippen molar-refractivity contribution in [3.63, 3.8) is 0 Å². The largest absolute Gasteiger partial charge is 0.343 e. The summed E-state index contributed by atoms with van der Waals surface area (Å²) >= 11 is 0. The molecule has 1 rings (SSSR count). The zero-order valence-corrected chi connectivity index (χ0v) is 11.3. The lowest BCUT2D eigenvalue weighted by atomic mass is 10.2. The molecule has 0 bridgehead atoms. The van der Waals surface area contributed by atoms with Crippen LogP contribution in [0, 0.1) is 0 Å². The Balaban J connectivity index is 2.77. The van der Waals surface area contributed by atoms with Gasteiger partial charge in [0.15, 0.2) is 0 Å². The molecular formula is C12H23N5. The van der Waals surface area contributed by atoms with Crippen molar-refractivity contribution < 1.29 is 0 Å². The third kappa shape index (κ3) is 3.93. The lowest BCUT2D eigenvalue weighted by Crippen LogP contribution is -2.27. The Morgan fingerprint density at radius 3 is 2.35 bits per heavy atom. The predicted molar refractivity (Wildman–Crippen MR) is 70.1 cm³/mol. The molecular weight excluding hydrogens is 214 g/mol. The molecule has 1 unspecified atom stereocenters. The molecule has 0 fully saturated rings. The van der Waals surface area contributed by atoms with Crippen molar-refractivity contribution in [3.05, 3.63) is 11.4 Å². The van der Waals surface area contributed by atoms with Gasteiger partial charge in [-0.3, -0.25) is 0 Å². The van der Waals surface area contributed by atoms with Gasteiger partial charge in [0.2, 0.25) is 5.95 Å². The second kappa shape index (κ2) is 6.49. The maximum Gasteiger partial charge on any atom is 0.245 e. The fraction of sp³-hybridized carbons (Fsp3) is 0.750. The lowest BCUT2D eigenvalue weighted by Gasteiger charge is -2.18. The Bertz CT molecular complexity index is 351. The summed E-state index contributed by atoms with van der Waals surface area (Å²) in [6, 6.07) is 0.200. The second-order valence-electron chi connectivity index (χ2n) is 4.40. The topological polar surface area (TPSA) is 67.9 Å². The first-order valence-electron chi connectivity index (χ1n) is 6.27. The molecule has 0 amide bonds. The summed E-state index contributed by atoms with van der Waals surface area (Å²) in [7, 11) is 1.98. The van der Waals surface area contributed by atoms with E-state index in [1.54, 1.807) is 0 Å². The molecule has 1 aromatic rings. The number of nitrogens with two attached hydrogens (primary N) is 1. The van der Waals surface area contributed by atoms with Crippen LogP contribution < -0.4 is 10.6 Å². The number of rotatable bonds is 6. The molecule has 0 aliphatic heterocycles. The maximum atomic E-state index is 5.74. The van der Waals surface area contributed by atoms with E-state index in [9.17, 15) is 0 Å². The van der Waals surface area contributed by atoms with Gasteiger partial charge < -0.3 is 10.6 Å². The minimum Gasteiger partial charge on any atom is -0.343 e. The van der Waals surface area contributed by atoms with Crippen molar-refractivity contribution in [3.8, 4) is 0 Å². The van der Waals surface area contributed by atoms with Crippen LogP contribution in [0.25, 0.3) is 0 Å². The summed E-state index contributed by atoms with van der Waals surface area (Å²) in [5.74, 6) is 0.694. The summed E-state index contributed by atoms with van der Waals surface area (Å²) in [6.07, 6.45) is 2.71. The van der Waals surface area contributed by atoms with E-state index in [2.05, 4.69) is 29.0 Å². The molecule has 1 atom stereocenters. The SMILES string of the molecule is CCc1nnc(N(C)CCC(C)N)nc1CC. The zero-order valence-electron chi connectivity index (χ0n) is 11.3. The fourth-order valence-electron chi connectivity index (χ4n) is 1.59. The van der Waals surface area contributed by atoms with Crippen LogP contribution in [0.5, 0.6) is 0 Å². The monoisotopic (exact) mass is 237 g/mol. The number of anilines is 1. The summed E-state index contributed by atoms with van der Waals surface area (Å²) in [5, 5.41) is 8.39. The van der Waals surface area contributed by atoms with Crippen LogP contribution in [-0.4, -0.2) is 34.8 Å². The van der Waals surface area contributed by atoms with Crippen molar-refractivity contribution in [2.24, 2.45) is 5.73 Å². The first kappa shape index (κ1) is 13.8. The van der Waals surface area contributed by atoms with E-state index >= 15 is 0 Å². The van der Waals surface area contributed by atoms with Gasteiger partial charge in [0, 0.05) is 19.6 Å². The first-order chi connectivity index (χ1) is 8.08. The molecule has 2 N–H and O–H groups in total. The molecule has 17 heavy (non-hydrogen) atoms. The molecule has 0 spiro atoms. The van der Waals surface area contributed by atoms with E-state index < -0.39 is 0 Å². The highest BCUT2D eigenvalue weighted by molar-refractivity contribution is 5.28. The molecule has 0 radical (unpaired) electrons. The summed E-state index contributed by atoms with van der Waals surface area (Å²) in [6.45, 7) is 7.03. The van der Waals surface area contributed by atoms with Crippen molar-refractivity contribution >= 4 is 5.95 Å². The van der Waals surface area contributed by atoms with Gasteiger partial charge in [-0.2, -0.15) is 5.10 Å². The standard InChI is InChI=1S/C12H23N5/c1-5-10-11(6-2)15-16-12(14-10)17(4)8-7-9(3)13/h9H,5-8,13H2,1-4H3. The number of aryl methyl sites for hydroxylation is 2. The van der Waals surface area contributed by atoms with Crippen molar-refractivity contribution in [2.75, 3.05) is 18.5 Å². The molecule has 0 saturated heterocycles. The van der Waals surface area contributed by atoms with Crippen LogP contribution in [-0.2, 0) is 12.8 Å². The van der Waals surface area contributed by atoms with Crippen LogP contribution in [0.2, 0.25) is 0 Å². The maximum absolute atomic E-state index is 5.74. The van der Waals surface area contributed by atoms with Crippen LogP contribution in [0.1, 0.15) is 38.6 Å². The van der Waals surface area contributed by atoms with Gasteiger partial charge in [-0.25, -0.2) is 4.98 Å². The number of hydrogen-bond donors (Lipinski definition) is 1. The molecule has 0 saturated carbocycles. The van der Waals surface area contributed by atoms with Gasteiger partial charge >= 0.3 is 0 Å². The van der Waals surface area contributed by atoms with Crippen LogP contribution in [0.3, 0.4) is 0 Å². The van der Waals surface area contributed by atoms with E-state index in [-0.39, 0.29) is 6.04 Å². The third-order valence-electron chi connectivity index (χ3n) is 2.76. The highest BCUT2D eigenvalue weighted by Crippen LogP contribution is 2.10. The molecule has 1 heterocycles. The molecule has 0 aliphatic rings. The first-order valence-corrected chi connectivity index (χ1v) is 6.27. The van der Waals surface area contributed by atoms with Gasteiger partial charge in [-0.1, -0.05) is 13.8 Å². The third-order valence-corrected chi connectivity index (χ3v) is 2.76. The lowest BCUT2D eigenvalue weighted by molar-refractivity contribution is 0.647. The molecule has 5 nitrogen and oxygen atoms in total. The van der Waals surface area contributed by atoms with Crippen molar-refractivity contribution in [2.45, 2.75) is 46.1 Å². The van der Waals surface area contributed by atoms with Gasteiger partial charge in [0.25, 0.3) is 0 Å². The number of hydrogen-bond acceptors (Lipinski definition) is 5. The van der Waals surface area contributed by atoms with E-state index in [0.29, 0.717) is 5.95 Å². The smallest absolute Gasteiger partial charge is 0.245 e. The molecule has 96 valence electrons. The van der Waals surface area contributed by atoms with E-state index in [1.807, 2.05) is 18.9 Å². The Kier molecular flexibility index (Phi) is 5.28. The van der Waals surface area contributed by atoms with Crippen molar-refractivity contribution in [1.29, 1.82) is 0 Å². The minimum atomic E-state index is 0.200. The van der Waals surface area contributed by atoms with E-state index in [4.69, 9.17) is 5.73 Å². The van der Waals surface area contributed by atoms with E-state index in [0.717, 1.165) is 37.2 Å². The highest BCUT2D eigenvalue weighted by Gasteiger charge is 2.10. The van der Waals surface area contributed by atoms with E-state index in [1.165, 1.54) is 0 Å². The fourth-order valence-corrected chi connectivity index (χ4v) is 1.59. The minimum absolute atomic E-state index is 0.200. The average molecular weight is 237 g/mol. The Morgan fingerprint density at radius 2 is 1.82 bits per heavy atom. The Hall–Kier alpha value is -1.23. The summed E-state index contributed by atoms with van der Waals surface area (Å²) < 4.78 is 0. The van der Waals surface area contributed by atoms with Gasteiger partial charge in [-0.15, -0.1) is 5.10 Å². The quantitative estimate of drug-likeness (QED) is 0.804. The molecule has 5 heteroatoms. The average Bonchev–Trinajstić information content (AvgIpc) is 2.34. The Labute approximate surface area is 103 Å². The normalized spacial score (nSPS) is 12.5. The summed E-state index contributed by atoms with van der Waals surface area (Å²) in [4.78, 5) is 6.56. The second-order valence-corrected chi connectivity index (χ2v) is 4.40. The van der Waals surface area contributed by atoms with Crippen LogP contribution in [0.4, 0.5) is 5.95 Å². The molecule has 1 aromatic heterocycles. The van der Waals surface area contributed by atoms with Gasteiger partial charge in [0.1, 0.15) is 0 Å². The van der Waals surface area contributed by atoms with Gasteiger partial charge in [0.05, 0.1) is 11.4 Å². The highest BCUT2D eigenvalue weighted by atomic mass is 15.3. The number of nitrogens with zero attached hydrogens (tertiary/aromatic N) is 4. The van der Waals surface area contributed by atoms with Crippen molar-refractivity contribution in [1.82, 2.24) is 15.2 Å². The molecule has 0 aliphatic carbocycles. The van der Waals surface area contributed by atoms with Crippen LogP contribution in [0.15, 0.2) is 0 Å². The Morgan fingerprint density at radius 1 is 1.18 bits per heavy atom. The molecule has 0 aromatic carbocycles. The van der Waals surface area contributed by atoms with Gasteiger partial charge in [-0.05, 0) is 26.2 Å². The summed E-state index contributed by atoms with van der Waals surface area (Å²) in [5.41, 5.74) is 7.78. The predicted octanol–water partition coefficient (Wildman–Crippen LogP) is 1.17. The van der Waals surface area contributed by atoms with Crippen LogP contribution >= 0.6 is 0 Å². The number of aromatic nitrogens is 3.